The largest absolute Gasteiger partial charge is 0.508 e. The van der Waals surface area contributed by atoms with Crippen LogP contribution in [0.4, 0.5) is 0 Å². The molecule has 1 aliphatic rings. The fourth-order valence-electron chi connectivity index (χ4n) is 4.36. The summed E-state index contributed by atoms with van der Waals surface area (Å²) in [6.07, 6.45) is 1.69. The number of benzene rings is 2. The van der Waals surface area contributed by atoms with Crippen LogP contribution in [0.15, 0.2) is 54.6 Å². The van der Waals surface area contributed by atoms with E-state index in [1.807, 2.05) is 30.3 Å². The van der Waals surface area contributed by atoms with E-state index in [0.717, 1.165) is 18.5 Å². The van der Waals surface area contributed by atoms with Gasteiger partial charge in [0.15, 0.2) is 0 Å². The first-order valence-electron chi connectivity index (χ1n) is 12.8. The van der Waals surface area contributed by atoms with Gasteiger partial charge in [0, 0.05) is 12.8 Å². The van der Waals surface area contributed by atoms with E-state index in [1.165, 1.54) is 12.1 Å². The minimum absolute atomic E-state index is 0.00752. The molecule has 38 heavy (non-hydrogen) atoms. The van der Waals surface area contributed by atoms with E-state index in [4.69, 9.17) is 0 Å². The summed E-state index contributed by atoms with van der Waals surface area (Å²) in [6.45, 7) is 4.35. The van der Waals surface area contributed by atoms with Crippen LogP contribution in [-0.4, -0.2) is 64.6 Å². The Morgan fingerprint density at radius 3 is 2.05 bits per heavy atom. The van der Waals surface area contributed by atoms with Crippen molar-refractivity contribution in [1.29, 1.82) is 0 Å². The zero-order valence-corrected chi connectivity index (χ0v) is 21.6. The van der Waals surface area contributed by atoms with Gasteiger partial charge in [-0.15, -0.1) is 0 Å². The third-order valence-electron chi connectivity index (χ3n) is 6.53. The first-order valence-corrected chi connectivity index (χ1v) is 12.8. The lowest BCUT2D eigenvalue weighted by atomic mass is 10.00. The molecule has 0 aromatic heterocycles. The molecule has 1 saturated heterocycles. The Morgan fingerprint density at radius 2 is 1.47 bits per heavy atom. The van der Waals surface area contributed by atoms with Crippen LogP contribution in [0, 0.1) is 5.92 Å². The van der Waals surface area contributed by atoms with Crippen molar-refractivity contribution in [3.05, 3.63) is 65.7 Å². The lowest BCUT2D eigenvalue weighted by Gasteiger charge is -2.27. The summed E-state index contributed by atoms with van der Waals surface area (Å²) in [5, 5.41) is 30.4. The van der Waals surface area contributed by atoms with Crippen LogP contribution in [0.25, 0.3) is 0 Å². The monoisotopic (exact) mass is 524 g/mol. The standard InChI is InChI=1S/C28H36N4O6/c1-17(2)24(32-25(34)21-9-6-14-29-21)27(36)30-22(15-18-7-4-3-5-8-18)26(35)31-23(28(37)38)16-19-10-12-20(33)13-11-19/h3-5,7-8,10-13,17,21-24,29,33H,6,9,14-16H2,1-2H3,(H,30,36)(H,31,35)(H,32,34)(H,37,38). The zero-order valence-electron chi connectivity index (χ0n) is 21.6. The van der Waals surface area contributed by atoms with Gasteiger partial charge in [-0.1, -0.05) is 56.3 Å². The van der Waals surface area contributed by atoms with E-state index < -0.39 is 35.9 Å². The minimum atomic E-state index is -1.25. The molecule has 10 heteroatoms. The van der Waals surface area contributed by atoms with Crippen molar-refractivity contribution >= 4 is 23.7 Å². The summed E-state index contributed by atoms with van der Waals surface area (Å²) < 4.78 is 0. The maximum Gasteiger partial charge on any atom is 0.326 e. The van der Waals surface area contributed by atoms with E-state index >= 15 is 0 Å². The summed E-state index contributed by atoms with van der Waals surface area (Å²) in [5.74, 6) is -2.87. The molecule has 0 bridgehead atoms. The van der Waals surface area contributed by atoms with E-state index in [0.29, 0.717) is 12.0 Å². The summed E-state index contributed by atoms with van der Waals surface area (Å²) in [6, 6.07) is 11.5. The number of carbonyl (C=O) groups excluding carboxylic acids is 3. The molecule has 2 aromatic carbocycles. The number of rotatable bonds is 12. The Labute approximate surface area is 222 Å². The number of hydrogen-bond acceptors (Lipinski definition) is 6. The second-order valence-corrected chi connectivity index (χ2v) is 9.90. The summed E-state index contributed by atoms with van der Waals surface area (Å²) in [5.41, 5.74) is 1.39. The Kier molecular flexibility index (Phi) is 10.2. The van der Waals surface area contributed by atoms with Crippen molar-refractivity contribution < 1.29 is 29.4 Å². The van der Waals surface area contributed by atoms with Crippen LogP contribution in [0.1, 0.15) is 37.8 Å². The van der Waals surface area contributed by atoms with Gasteiger partial charge in [0.05, 0.1) is 6.04 Å². The van der Waals surface area contributed by atoms with E-state index in [1.54, 1.807) is 26.0 Å². The fourth-order valence-corrected chi connectivity index (χ4v) is 4.36. The fraction of sp³-hybridized carbons (Fsp3) is 0.429. The molecule has 10 nitrogen and oxygen atoms in total. The SMILES string of the molecule is CC(C)C(NC(=O)C1CCCN1)C(=O)NC(Cc1ccccc1)C(=O)NC(Cc1ccc(O)cc1)C(=O)O. The molecule has 1 fully saturated rings. The molecule has 6 N–H and O–H groups in total. The van der Waals surface area contributed by atoms with Gasteiger partial charge in [-0.05, 0) is 48.6 Å². The molecule has 3 amide bonds. The molecule has 0 spiro atoms. The number of carbonyl (C=O) groups is 4. The van der Waals surface area contributed by atoms with Gasteiger partial charge in [0.1, 0.15) is 23.9 Å². The molecule has 3 rings (SSSR count). The van der Waals surface area contributed by atoms with Crippen LogP contribution in [0.5, 0.6) is 5.75 Å². The topological polar surface area (TPSA) is 157 Å². The van der Waals surface area contributed by atoms with Gasteiger partial charge >= 0.3 is 5.97 Å². The maximum absolute atomic E-state index is 13.3. The molecule has 4 unspecified atom stereocenters. The molecular formula is C28H36N4O6. The molecular weight excluding hydrogens is 488 g/mol. The van der Waals surface area contributed by atoms with Crippen molar-refractivity contribution in [3.8, 4) is 5.75 Å². The smallest absolute Gasteiger partial charge is 0.326 e. The maximum atomic E-state index is 13.3. The highest BCUT2D eigenvalue weighted by Crippen LogP contribution is 2.13. The number of amides is 3. The number of carboxylic acid groups (broad SMARTS) is 1. The third-order valence-corrected chi connectivity index (χ3v) is 6.53. The molecule has 1 heterocycles. The number of carboxylic acids is 1. The number of hydrogen-bond donors (Lipinski definition) is 6. The molecule has 204 valence electrons. The first-order chi connectivity index (χ1) is 18.1. The van der Waals surface area contributed by atoms with Crippen molar-refractivity contribution in [1.82, 2.24) is 21.3 Å². The van der Waals surface area contributed by atoms with Gasteiger partial charge in [-0.3, -0.25) is 14.4 Å². The number of nitrogens with one attached hydrogen (secondary N) is 4. The molecule has 0 aliphatic carbocycles. The second-order valence-electron chi connectivity index (χ2n) is 9.90. The lowest BCUT2D eigenvalue weighted by Crippen LogP contribution is -2.59. The van der Waals surface area contributed by atoms with Gasteiger partial charge in [0.2, 0.25) is 17.7 Å². The van der Waals surface area contributed by atoms with Crippen LogP contribution >= 0.6 is 0 Å². The normalized spacial score (nSPS) is 17.3. The summed E-state index contributed by atoms with van der Waals surface area (Å²) >= 11 is 0. The van der Waals surface area contributed by atoms with Gasteiger partial charge in [0.25, 0.3) is 0 Å². The highest BCUT2D eigenvalue weighted by Gasteiger charge is 2.33. The van der Waals surface area contributed by atoms with Crippen LogP contribution in [0.3, 0.4) is 0 Å². The van der Waals surface area contributed by atoms with Crippen LogP contribution in [-0.2, 0) is 32.0 Å². The van der Waals surface area contributed by atoms with Gasteiger partial charge in [-0.25, -0.2) is 4.79 Å². The predicted molar refractivity (Wildman–Crippen MR) is 141 cm³/mol. The zero-order chi connectivity index (χ0) is 27.7. The molecule has 0 saturated carbocycles. The van der Waals surface area contributed by atoms with Crippen molar-refractivity contribution in [2.75, 3.05) is 6.54 Å². The number of phenols is 1. The number of aromatic hydroxyl groups is 1. The van der Waals surface area contributed by atoms with E-state index in [9.17, 15) is 29.4 Å². The third kappa shape index (κ3) is 8.31. The van der Waals surface area contributed by atoms with E-state index in [-0.39, 0.29) is 36.5 Å². The highest BCUT2D eigenvalue weighted by atomic mass is 16.4. The molecule has 2 aromatic rings. The molecule has 0 radical (unpaired) electrons. The summed E-state index contributed by atoms with van der Waals surface area (Å²) in [7, 11) is 0. The minimum Gasteiger partial charge on any atom is -0.508 e. The Hall–Kier alpha value is -3.92. The van der Waals surface area contributed by atoms with Gasteiger partial charge < -0.3 is 31.5 Å². The van der Waals surface area contributed by atoms with Crippen molar-refractivity contribution in [3.63, 3.8) is 0 Å². The average Bonchev–Trinajstić information content (AvgIpc) is 3.43. The second kappa shape index (κ2) is 13.6. The Morgan fingerprint density at radius 1 is 0.868 bits per heavy atom. The first kappa shape index (κ1) is 28.6. The van der Waals surface area contributed by atoms with Crippen LogP contribution < -0.4 is 21.3 Å². The van der Waals surface area contributed by atoms with E-state index in [2.05, 4.69) is 21.3 Å². The van der Waals surface area contributed by atoms with Crippen molar-refractivity contribution in [2.24, 2.45) is 5.92 Å². The Bertz CT molecular complexity index is 1100. The van der Waals surface area contributed by atoms with Crippen LogP contribution in [0.2, 0.25) is 0 Å². The quantitative estimate of drug-likeness (QED) is 0.243. The van der Waals surface area contributed by atoms with Crippen molar-refractivity contribution in [2.45, 2.75) is 63.7 Å². The number of phenolic OH excluding ortho intramolecular Hbond substituents is 1. The summed E-state index contributed by atoms with van der Waals surface area (Å²) in [4.78, 5) is 51.3. The Balaban J connectivity index is 1.75. The lowest BCUT2D eigenvalue weighted by molar-refractivity contribution is -0.142. The highest BCUT2D eigenvalue weighted by molar-refractivity contribution is 5.94. The average molecular weight is 525 g/mol. The molecule has 4 atom stereocenters. The predicted octanol–water partition coefficient (Wildman–Crippen LogP) is 1.12. The number of aliphatic carboxylic acids is 1. The van der Waals surface area contributed by atoms with Gasteiger partial charge in [-0.2, -0.15) is 0 Å². The molecule has 1 aliphatic heterocycles.